The molecule has 6 nitrogen and oxygen atoms in total. The summed E-state index contributed by atoms with van der Waals surface area (Å²) in [5, 5.41) is 5.10. The topological polar surface area (TPSA) is 68.2 Å². The first-order valence-electron chi connectivity index (χ1n) is 7.66. The average Bonchev–Trinajstić information content (AvgIpc) is 3.16. The van der Waals surface area contributed by atoms with Gasteiger partial charge >= 0.3 is 0 Å². The molecular formula is C16H18N4O2. The largest absolute Gasteiger partial charge is 0.464 e. The van der Waals surface area contributed by atoms with Crippen molar-refractivity contribution in [1.29, 1.82) is 0 Å². The molecular weight excluding hydrogens is 280 g/mol. The van der Waals surface area contributed by atoms with Crippen molar-refractivity contribution in [3.63, 3.8) is 0 Å². The van der Waals surface area contributed by atoms with Crippen molar-refractivity contribution < 1.29 is 8.94 Å². The van der Waals surface area contributed by atoms with Crippen LogP contribution in [0.15, 0.2) is 33.5 Å². The van der Waals surface area contributed by atoms with Crippen molar-refractivity contribution in [3.8, 4) is 0 Å². The molecule has 0 aliphatic carbocycles. The van der Waals surface area contributed by atoms with E-state index in [9.17, 15) is 0 Å². The van der Waals surface area contributed by atoms with E-state index in [4.69, 9.17) is 8.94 Å². The van der Waals surface area contributed by atoms with E-state index in [2.05, 4.69) is 20.0 Å². The summed E-state index contributed by atoms with van der Waals surface area (Å²) in [5.74, 6) is 2.97. The Bertz CT molecular complexity index is 779. The maximum Gasteiger partial charge on any atom is 0.223 e. The molecule has 0 spiro atoms. The Morgan fingerprint density at radius 2 is 2.32 bits per heavy atom. The number of anilines is 1. The number of fused-ring (bicyclic) bond motifs is 1. The van der Waals surface area contributed by atoms with E-state index in [1.54, 1.807) is 6.26 Å². The van der Waals surface area contributed by atoms with Crippen LogP contribution in [0.25, 0.3) is 11.0 Å². The Labute approximate surface area is 128 Å². The Kier molecular flexibility index (Phi) is 3.29. The Morgan fingerprint density at radius 1 is 1.36 bits per heavy atom. The van der Waals surface area contributed by atoms with Crippen LogP contribution in [0.5, 0.6) is 0 Å². The zero-order valence-electron chi connectivity index (χ0n) is 12.5. The van der Waals surface area contributed by atoms with Crippen LogP contribution < -0.4 is 4.90 Å². The van der Waals surface area contributed by atoms with E-state index in [0.717, 1.165) is 48.5 Å². The molecule has 0 N–H and O–H groups in total. The third-order valence-corrected chi connectivity index (χ3v) is 4.22. The van der Waals surface area contributed by atoms with E-state index >= 15 is 0 Å². The first-order valence-corrected chi connectivity index (χ1v) is 7.66. The van der Waals surface area contributed by atoms with Crippen LogP contribution in [0, 0.1) is 12.8 Å². The van der Waals surface area contributed by atoms with Crippen LogP contribution >= 0.6 is 0 Å². The number of aromatic nitrogens is 3. The fourth-order valence-electron chi connectivity index (χ4n) is 3.24. The third-order valence-electron chi connectivity index (χ3n) is 4.22. The monoisotopic (exact) mass is 298 g/mol. The van der Waals surface area contributed by atoms with E-state index < -0.39 is 0 Å². The summed E-state index contributed by atoms with van der Waals surface area (Å²) in [6.07, 6.45) is 6.73. The van der Waals surface area contributed by atoms with Gasteiger partial charge in [-0.05, 0) is 30.9 Å². The molecule has 1 aliphatic rings. The summed E-state index contributed by atoms with van der Waals surface area (Å²) in [5.41, 5.74) is 0.890. The lowest BCUT2D eigenvalue weighted by Gasteiger charge is -2.33. The lowest BCUT2D eigenvalue weighted by atomic mass is 9.94. The van der Waals surface area contributed by atoms with Crippen molar-refractivity contribution >= 4 is 16.8 Å². The van der Waals surface area contributed by atoms with Gasteiger partial charge in [0.25, 0.3) is 0 Å². The second-order valence-electron chi connectivity index (χ2n) is 5.85. The zero-order valence-corrected chi connectivity index (χ0v) is 12.5. The highest BCUT2D eigenvalue weighted by atomic mass is 16.5. The molecule has 3 aromatic heterocycles. The van der Waals surface area contributed by atoms with E-state index in [1.807, 2.05) is 25.3 Å². The maximum absolute atomic E-state index is 5.48. The predicted molar refractivity (Wildman–Crippen MR) is 81.7 cm³/mol. The number of aryl methyl sites for hydroxylation is 1. The molecule has 0 bridgehead atoms. The van der Waals surface area contributed by atoms with Crippen molar-refractivity contribution in [3.05, 3.63) is 36.3 Å². The standard InChI is InChI=1S/C16H18N4O2/c1-11-18-15(19-22-11)9-12-3-2-7-20(10-12)16-13-5-8-21-14(13)4-6-17-16/h4-6,8,12H,2-3,7,9-10H2,1H3. The smallest absolute Gasteiger partial charge is 0.223 e. The second kappa shape index (κ2) is 5.44. The number of hydrogen-bond acceptors (Lipinski definition) is 6. The van der Waals surface area contributed by atoms with Crippen molar-refractivity contribution in [2.24, 2.45) is 5.92 Å². The average molecular weight is 298 g/mol. The summed E-state index contributed by atoms with van der Waals surface area (Å²) >= 11 is 0. The summed E-state index contributed by atoms with van der Waals surface area (Å²) in [7, 11) is 0. The van der Waals surface area contributed by atoms with Crippen LogP contribution in [-0.4, -0.2) is 28.2 Å². The Morgan fingerprint density at radius 3 is 3.18 bits per heavy atom. The molecule has 1 aliphatic heterocycles. The molecule has 0 saturated carbocycles. The summed E-state index contributed by atoms with van der Waals surface area (Å²) < 4.78 is 10.5. The number of nitrogens with zero attached hydrogens (tertiary/aromatic N) is 4. The second-order valence-corrected chi connectivity index (χ2v) is 5.85. The molecule has 1 saturated heterocycles. The van der Waals surface area contributed by atoms with Gasteiger partial charge in [-0.3, -0.25) is 0 Å². The molecule has 114 valence electrons. The first-order chi connectivity index (χ1) is 10.8. The van der Waals surface area contributed by atoms with Gasteiger partial charge in [0.15, 0.2) is 5.82 Å². The predicted octanol–water partition coefficient (Wildman–Crippen LogP) is 2.98. The number of furan rings is 1. The highest BCUT2D eigenvalue weighted by Crippen LogP contribution is 2.29. The minimum absolute atomic E-state index is 0.523. The normalized spacial score (nSPS) is 19.0. The maximum atomic E-state index is 5.48. The highest BCUT2D eigenvalue weighted by molar-refractivity contribution is 5.88. The fourth-order valence-corrected chi connectivity index (χ4v) is 3.24. The molecule has 0 amide bonds. The van der Waals surface area contributed by atoms with Gasteiger partial charge in [-0.1, -0.05) is 5.16 Å². The summed E-state index contributed by atoms with van der Waals surface area (Å²) in [6, 6.07) is 3.90. The number of piperidine rings is 1. The Hall–Kier alpha value is -2.37. The van der Waals surface area contributed by atoms with E-state index in [0.29, 0.717) is 11.8 Å². The van der Waals surface area contributed by atoms with Crippen LogP contribution in [-0.2, 0) is 6.42 Å². The molecule has 1 unspecified atom stereocenters. The van der Waals surface area contributed by atoms with Crippen molar-refractivity contribution in [1.82, 2.24) is 15.1 Å². The Balaban J connectivity index is 1.54. The molecule has 22 heavy (non-hydrogen) atoms. The van der Waals surface area contributed by atoms with Gasteiger partial charge in [-0.25, -0.2) is 4.98 Å². The van der Waals surface area contributed by atoms with Crippen LogP contribution in [0.4, 0.5) is 5.82 Å². The minimum Gasteiger partial charge on any atom is -0.464 e. The van der Waals surface area contributed by atoms with E-state index in [1.165, 1.54) is 6.42 Å². The number of pyridine rings is 1. The number of rotatable bonds is 3. The van der Waals surface area contributed by atoms with Gasteiger partial charge in [-0.2, -0.15) is 4.98 Å². The fraction of sp³-hybridized carbons (Fsp3) is 0.438. The van der Waals surface area contributed by atoms with Crippen molar-refractivity contribution in [2.45, 2.75) is 26.2 Å². The van der Waals surface area contributed by atoms with Crippen LogP contribution in [0.2, 0.25) is 0 Å². The summed E-state index contributed by atoms with van der Waals surface area (Å²) in [4.78, 5) is 11.2. The lowest BCUT2D eigenvalue weighted by molar-refractivity contribution is 0.369. The van der Waals surface area contributed by atoms with Gasteiger partial charge in [0.1, 0.15) is 11.4 Å². The molecule has 4 rings (SSSR count). The lowest BCUT2D eigenvalue weighted by Crippen LogP contribution is -2.37. The molecule has 0 radical (unpaired) electrons. The zero-order chi connectivity index (χ0) is 14.9. The number of hydrogen-bond donors (Lipinski definition) is 0. The van der Waals surface area contributed by atoms with Gasteiger partial charge in [0.2, 0.25) is 5.89 Å². The minimum atomic E-state index is 0.523. The molecule has 1 atom stereocenters. The van der Waals surface area contributed by atoms with Crippen LogP contribution in [0.1, 0.15) is 24.6 Å². The molecule has 0 aromatic carbocycles. The highest BCUT2D eigenvalue weighted by Gasteiger charge is 2.24. The quantitative estimate of drug-likeness (QED) is 0.740. The molecule has 3 aromatic rings. The molecule has 6 heteroatoms. The first kappa shape index (κ1) is 13.3. The van der Waals surface area contributed by atoms with Gasteiger partial charge < -0.3 is 13.8 Å². The van der Waals surface area contributed by atoms with E-state index in [-0.39, 0.29) is 0 Å². The van der Waals surface area contributed by atoms with Crippen LogP contribution in [0.3, 0.4) is 0 Å². The van der Waals surface area contributed by atoms with Crippen molar-refractivity contribution in [2.75, 3.05) is 18.0 Å². The molecule has 1 fully saturated rings. The third kappa shape index (κ3) is 2.45. The van der Waals surface area contributed by atoms with Gasteiger partial charge in [0, 0.05) is 32.6 Å². The summed E-state index contributed by atoms with van der Waals surface area (Å²) in [6.45, 7) is 3.82. The van der Waals surface area contributed by atoms with Gasteiger partial charge in [0.05, 0.1) is 11.6 Å². The molecule has 4 heterocycles. The van der Waals surface area contributed by atoms with Gasteiger partial charge in [-0.15, -0.1) is 0 Å². The SMILES string of the molecule is Cc1nc(CC2CCCN(c3nccc4occc34)C2)no1.